The third kappa shape index (κ3) is 5.69. The highest BCUT2D eigenvalue weighted by molar-refractivity contribution is 6.15. The minimum atomic E-state index is -0.508. The van der Waals surface area contributed by atoms with E-state index in [1.807, 2.05) is 0 Å². The second kappa shape index (κ2) is 10.4. The zero-order valence-corrected chi connectivity index (χ0v) is 14.7. The van der Waals surface area contributed by atoms with Crippen molar-refractivity contribution in [3.05, 3.63) is 58.9 Å². The number of aliphatic hydroxyl groups excluding tert-OH is 1. The molecule has 0 unspecified atom stereocenters. The normalized spacial score (nSPS) is 12.1. The maximum Gasteiger partial charge on any atom is 0.338 e. The standard InChI is InChI=1S/C20H26O4/c1-4-6-7-10-14-24-20(23)18-13-9-8-12-17(18)19(22)16(11-5-2)15(3)21/h5,8-9,11-13,21H,4,6-7,10,14H2,1-3H3/b11-5-,16-15-. The lowest BCUT2D eigenvalue weighted by molar-refractivity contribution is 0.0495. The molecule has 1 aromatic rings. The van der Waals surface area contributed by atoms with Crippen LogP contribution in [0.5, 0.6) is 0 Å². The highest BCUT2D eigenvalue weighted by Crippen LogP contribution is 2.18. The summed E-state index contributed by atoms with van der Waals surface area (Å²) in [6, 6.07) is 6.52. The van der Waals surface area contributed by atoms with Crippen LogP contribution < -0.4 is 0 Å². The Kier molecular flexibility index (Phi) is 8.55. The van der Waals surface area contributed by atoms with Crippen molar-refractivity contribution in [3.8, 4) is 0 Å². The van der Waals surface area contributed by atoms with Crippen molar-refractivity contribution < 1.29 is 19.4 Å². The first-order chi connectivity index (χ1) is 11.5. The summed E-state index contributed by atoms with van der Waals surface area (Å²) in [5.41, 5.74) is 0.625. The summed E-state index contributed by atoms with van der Waals surface area (Å²) in [5, 5.41) is 9.72. The van der Waals surface area contributed by atoms with Gasteiger partial charge in [-0.2, -0.15) is 0 Å². The molecule has 0 aliphatic carbocycles. The number of carbonyl (C=O) groups is 2. The second-order valence-corrected chi connectivity index (χ2v) is 5.57. The molecule has 130 valence electrons. The van der Waals surface area contributed by atoms with Crippen LogP contribution in [0.25, 0.3) is 0 Å². The predicted octanol–water partition coefficient (Wildman–Crippen LogP) is 5.01. The zero-order valence-electron chi connectivity index (χ0n) is 14.7. The molecular formula is C20H26O4. The van der Waals surface area contributed by atoms with Crippen molar-refractivity contribution in [3.63, 3.8) is 0 Å². The molecule has 0 saturated carbocycles. The van der Waals surface area contributed by atoms with E-state index in [9.17, 15) is 14.7 Å². The van der Waals surface area contributed by atoms with Crippen molar-refractivity contribution in [1.29, 1.82) is 0 Å². The van der Waals surface area contributed by atoms with Crippen LogP contribution in [0.1, 0.15) is 67.2 Å². The number of unbranched alkanes of at least 4 members (excludes halogenated alkanes) is 3. The summed E-state index contributed by atoms with van der Waals surface area (Å²) in [5.74, 6) is -0.988. The van der Waals surface area contributed by atoms with Crippen molar-refractivity contribution in [2.24, 2.45) is 0 Å². The molecule has 0 aromatic heterocycles. The van der Waals surface area contributed by atoms with E-state index < -0.39 is 11.8 Å². The number of esters is 1. The molecule has 0 amide bonds. The van der Waals surface area contributed by atoms with Crippen molar-refractivity contribution in [1.82, 2.24) is 0 Å². The molecule has 0 aliphatic rings. The summed E-state index contributed by atoms with van der Waals surface area (Å²) in [4.78, 5) is 24.9. The first-order valence-corrected chi connectivity index (χ1v) is 8.36. The van der Waals surface area contributed by atoms with Gasteiger partial charge in [-0.1, -0.05) is 56.5 Å². The molecule has 1 aromatic carbocycles. The van der Waals surface area contributed by atoms with Crippen LogP contribution >= 0.6 is 0 Å². The van der Waals surface area contributed by atoms with E-state index in [1.165, 1.54) is 13.0 Å². The topological polar surface area (TPSA) is 63.6 Å². The Morgan fingerprint density at radius 1 is 1.12 bits per heavy atom. The average molecular weight is 330 g/mol. The molecule has 0 heterocycles. The number of ether oxygens (including phenoxy) is 1. The molecule has 0 bridgehead atoms. The average Bonchev–Trinajstić information content (AvgIpc) is 2.58. The van der Waals surface area contributed by atoms with Gasteiger partial charge in [0.05, 0.1) is 17.7 Å². The molecule has 1 rings (SSSR count). The lowest BCUT2D eigenvalue weighted by atomic mass is 9.97. The summed E-state index contributed by atoms with van der Waals surface area (Å²) >= 11 is 0. The summed E-state index contributed by atoms with van der Waals surface area (Å²) in [6.45, 7) is 5.67. The highest BCUT2D eigenvalue weighted by atomic mass is 16.5. The van der Waals surface area contributed by atoms with Crippen LogP contribution in [-0.4, -0.2) is 23.5 Å². The van der Waals surface area contributed by atoms with Crippen LogP contribution in [0, 0.1) is 0 Å². The van der Waals surface area contributed by atoms with Crippen molar-refractivity contribution in [2.45, 2.75) is 46.5 Å². The van der Waals surface area contributed by atoms with E-state index >= 15 is 0 Å². The summed E-state index contributed by atoms with van der Waals surface area (Å²) in [6.07, 6.45) is 7.26. The lowest BCUT2D eigenvalue weighted by Gasteiger charge is -2.10. The fraction of sp³-hybridized carbons (Fsp3) is 0.400. The number of Topliss-reactive ketones (excluding diaryl/α,β-unsaturated/α-hetero) is 1. The number of aliphatic hydroxyl groups is 1. The number of rotatable bonds is 9. The minimum Gasteiger partial charge on any atom is -0.512 e. The van der Waals surface area contributed by atoms with Gasteiger partial charge in [0, 0.05) is 5.56 Å². The molecule has 0 aliphatic heterocycles. The molecule has 0 atom stereocenters. The Labute approximate surface area is 143 Å². The van der Waals surface area contributed by atoms with E-state index in [2.05, 4.69) is 6.92 Å². The molecule has 1 N–H and O–H groups in total. The van der Waals surface area contributed by atoms with Gasteiger partial charge in [0.25, 0.3) is 0 Å². The molecule has 4 heteroatoms. The summed E-state index contributed by atoms with van der Waals surface area (Å²) < 4.78 is 5.28. The van der Waals surface area contributed by atoms with E-state index in [0.29, 0.717) is 6.61 Å². The van der Waals surface area contributed by atoms with Gasteiger partial charge in [-0.05, 0) is 26.3 Å². The molecule has 0 fully saturated rings. The maximum atomic E-state index is 12.6. The monoisotopic (exact) mass is 330 g/mol. The van der Waals surface area contributed by atoms with Gasteiger partial charge >= 0.3 is 5.97 Å². The SMILES string of the molecule is C/C=C\C(C(=O)c1ccccc1C(=O)OCCCCCC)=C(/C)O. The van der Waals surface area contributed by atoms with Gasteiger partial charge in [0.2, 0.25) is 0 Å². The van der Waals surface area contributed by atoms with Crippen molar-refractivity contribution >= 4 is 11.8 Å². The second-order valence-electron chi connectivity index (χ2n) is 5.57. The zero-order chi connectivity index (χ0) is 17.9. The van der Waals surface area contributed by atoms with Gasteiger partial charge in [-0.3, -0.25) is 4.79 Å². The molecule has 0 saturated heterocycles. The van der Waals surface area contributed by atoms with Crippen LogP contribution in [0.15, 0.2) is 47.7 Å². The van der Waals surface area contributed by atoms with E-state index in [4.69, 9.17) is 4.74 Å². The Bertz CT molecular complexity index is 622. The van der Waals surface area contributed by atoms with Gasteiger partial charge < -0.3 is 9.84 Å². The van der Waals surface area contributed by atoms with Crippen LogP contribution in [0.3, 0.4) is 0 Å². The molecule has 0 radical (unpaired) electrons. The number of ketones is 1. The Balaban J connectivity index is 2.93. The van der Waals surface area contributed by atoms with Crippen LogP contribution in [0.2, 0.25) is 0 Å². The van der Waals surface area contributed by atoms with Crippen LogP contribution in [0.4, 0.5) is 0 Å². The van der Waals surface area contributed by atoms with Crippen molar-refractivity contribution in [2.75, 3.05) is 6.61 Å². The molecule has 4 nitrogen and oxygen atoms in total. The number of hydrogen-bond donors (Lipinski definition) is 1. The first-order valence-electron chi connectivity index (χ1n) is 8.36. The van der Waals surface area contributed by atoms with E-state index in [-0.39, 0.29) is 22.5 Å². The third-order valence-electron chi connectivity index (χ3n) is 3.59. The van der Waals surface area contributed by atoms with E-state index in [1.54, 1.807) is 37.3 Å². The molecular weight excluding hydrogens is 304 g/mol. The molecule has 0 spiro atoms. The Morgan fingerprint density at radius 3 is 2.38 bits per heavy atom. The fourth-order valence-corrected chi connectivity index (χ4v) is 2.30. The van der Waals surface area contributed by atoms with Gasteiger partial charge in [-0.15, -0.1) is 0 Å². The summed E-state index contributed by atoms with van der Waals surface area (Å²) in [7, 11) is 0. The number of carbonyl (C=O) groups excluding carboxylic acids is 2. The van der Waals surface area contributed by atoms with Gasteiger partial charge in [0.15, 0.2) is 5.78 Å². The Hall–Kier alpha value is -2.36. The lowest BCUT2D eigenvalue weighted by Crippen LogP contribution is -2.14. The maximum absolute atomic E-state index is 12.6. The fourth-order valence-electron chi connectivity index (χ4n) is 2.30. The quantitative estimate of drug-likeness (QED) is 0.172. The smallest absolute Gasteiger partial charge is 0.338 e. The largest absolute Gasteiger partial charge is 0.512 e. The van der Waals surface area contributed by atoms with Gasteiger partial charge in [0.1, 0.15) is 5.76 Å². The number of allylic oxidation sites excluding steroid dienone is 4. The first kappa shape index (κ1) is 19.7. The van der Waals surface area contributed by atoms with Gasteiger partial charge in [-0.25, -0.2) is 4.79 Å². The highest BCUT2D eigenvalue weighted by Gasteiger charge is 2.20. The minimum absolute atomic E-state index is 0.0826. The number of benzene rings is 1. The van der Waals surface area contributed by atoms with E-state index in [0.717, 1.165) is 25.7 Å². The Morgan fingerprint density at radius 2 is 1.79 bits per heavy atom. The molecule has 24 heavy (non-hydrogen) atoms. The predicted molar refractivity (Wildman–Crippen MR) is 95.3 cm³/mol. The van der Waals surface area contributed by atoms with Crippen LogP contribution in [-0.2, 0) is 4.74 Å². The third-order valence-corrected chi connectivity index (χ3v) is 3.59. The number of hydrogen-bond acceptors (Lipinski definition) is 4.